The summed E-state index contributed by atoms with van der Waals surface area (Å²) in [6, 6.07) is 9.52. The van der Waals surface area contributed by atoms with E-state index in [1.807, 2.05) is 31.2 Å². The van der Waals surface area contributed by atoms with E-state index in [0.717, 1.165) is 47.3 Å². The van der Waals surface area contributed by atoms with E-state index >= 15 is 0 Å². The summed E-state index contributed by atoms with van der Waals surface area (Å²) < 4.78 is 11.6. The van der Waals surface area contributed by atoms with Crippen LogP contribution >= 0.6 is 23.2 Å². The van der Waals surface area contributed by atoms with E-state index in [4.69, 9.17) is 32.4 Å². The summed E-state index contributed by atoms with van der Waals surface area (Å²) in [5, 5.41) is 2.29. The molecule has 6 heteroatoms. The number of benzene rings is 2. The highest BCUT2D eigenvalue weighted by Gasteiger charge is 2.25. The van der Waals surface area contributed by atoms with E-state index in [0.29, 0.717) is 27.9 Å². The first-order chi connectivity index (χ1) is 12.9. The van der Waals surface area contributed by atoms with Gasteiger partial charge in [0, 0.05) is 27.4 Å². The lowest BCUT2D eigenvalue weighted by Gasteiger charge is -2.26. The monoisotopic (exact) mass is 404 g/mol. The van der Waals surface area contributed by atoms with Gasteiger partial charge >= 0.3 is 5.63 Å². The first-order valence-corrected chi connectivity index (χ1v) is 9.66. The predicted molar refractivity (Wildman–Crippen MR) is 107 cm³/mol. The van der Waals surface area contributed by atoms with Crippen molar-refractivity contribution < 1.29 is 14.1 Å². The molecule has 0 spiro atoms. The number of quaternary nitrogens is 1. The van der Waals surface area contributed by atoms with Crippen molar-refractivity contribution in [2.24, 2.45) is 0 Å². The van der Waals surface area contributed by atoms with Gasteiger partial charge in [0.25, 0.3) is 0 Å². The van der Waals surface area contributed by atoms with Gasteiger partial charge < -0.3 is 9.15 Å². The van der Waals surface area contributed by atoms with E-state index < -0.39 is 0 Å². The number of nitrogens with one attached hydrogen (secondary N) is 1. The average Bonchev–Trinajstić information content (AvgIpc) is 2.65. The molecule has 2 heterocycles. The van der Waals surface area contributed by atoms with Crippen LogP contribution in [-0.4, -0.2) is 13.3 Å². The first kappa shape index (κ1) is 18.4. The molecule has 0 radical (unpaired) electrons. The maximum absolute atomic E-state index is 12.2. The van der Waals surface area contributed by atoms with E-state index in [1.54, 1.807) is 13.0 Å². The fraction of sp³-hybridized carbons (Fsp3) is 0.286. The molecular weight excluding hydrogens is 385 g/mol. The van der Waals surface area contributed by atoms with Gasteiger partial charge in [-0.05, 0) is 49.2 Å². The van der Waals surface area contributed by atoms with Crippen molar-refractivity contribution in [2.75, 3.05) is 13.3 Å². The number of halogens is 2. The SMILES string of the molecule is Cc1c(C)c2ccc3c(c2oc1=O)C[NH+](CCc1ccc(Cl)cc1Cl)CO3. The molecule has 3 aromatic rings. The topological polar surface area (TPSA) is 43.9 Å². The van der Waals surface area contributed by atoms with Gasteiger partial charge in [-0.3, -0.25) is 4.90 Å². The normalized spacial score (nSPS) is 16.2. The molecule has 1 aliphatic heterocycles. The molecule has 1 aliphatic rings. The number of rotatable bonds is 3. The molecule has 1 aromatic heterocycles. The second-order valence-corrected chi connectivity index (χ2v) is 7.85. The molecule has 1 unspecified atom stereocenters. The van der Waals surface area contributed by atoms with Crippen LogP contribution in [0.15, 0.2) is 39.5 Å². The highest BCUT2D eigenvalue weighted by Crippen LogP contribution is 2.30. The molecule has 0 aliphatic carbocycles. The van der Waals surface area contributed by atoms with Crippen LogP contribution in [-0.2, 0) is 13.0 Å². The van der Waals surface area contributed by atoms with Crippen LogP contribution in [0.3, 0.4) is 0 Å². The molecule has 0 amide bonds. The van der Waals surface area contributed by atoms with Gasteiger partial charge in [-0.2, -0.15) is 0 Å². The van der Waals surface area contributed by atoms with Gasteiger partial charge in [0.05, 0.1) is 12.1 Å². The molecule has 0 saturated heterocycles. The van der Waals surface area contributed by atoms with Gasteiger partial charge in [-0.25, -0.2) is 4.79 Å². The van der Waals surface area contributed by atoms with Crippen LogP contribution < -0.4 is 15.3 Å². The Morgan fingerprint density at radius 1 is 1.11 bits per heavy atom. The Morgan fingerprint density at radius 3 is 2.70 bits per heavy atom. The van der Waals surface area contributed by atoms with E-state index in [1.165, 1.54) is 4.90 Å². The smallest absolute Gasteiger partial charge is 0.339 e. The van der Waals surface area contributed by atoms with Crippen molar-refractivity contribution in [2.45, 2.75) is 26.8 Å². The van der Waals surface area contributed by atoms with E-state index in [-0.39, 0.29) is 5.63 Å². The molecular formula is C21H20Cl2NO3+. The molecule has 4 nitrogen and oxygen atoms in total. The minimum Gasteiger partial charge on any atom is -0.445 e. The summed E-state index contributed by atoms with van der Waals surface area (Å²) >= 11 is 12.2. The Hall–Kier alpha value is -2.01. The van der Waals surface area contributed by atoms with Gasteiger partial charge in [0.2, 0.25) is 6.73 Å². The fourth-order valence-corrected chi connectivity index (χ4v) is 4.03. The lowest BCUT2D eigenvalue weighted by atomic mass is 10.0. The Balaban J connectivity index is 1.61. The molecule has 2 aromatic carbocycles. The molecule has 1 N–H and O–H groups in total. The minimum atomic E-state index is -0.284. The molecule has 4 rings (SSSR count). The summed E-state index contributed by atoms with van der Waals surface area (Å²) in [6.45, 7) is 5.91. The van der Waals surface area contributed by atoms with Gasteiger partial charge in [-0.15, -0.1) is 0 Å². The molecule has 0 bridgehead atoms. The largest absolute Gasteiger partial charge is 0.445 e. The third-order valence-electron chi connectivity index (χ3n) is 5.31. The van der Waals surface area contributed by atoms with Crippen LogP contribution in [0.5, 0.6) is 5.75 Å². The van der Waals surface area contributed by atoms with E-state index in [9.17, 15) is 4.79 Å². The second kappa shape index (κ2) is 7.19. The van der Waals surface area contributed by atoms with Gasteiger partial charge in [0.1, 0.15) is 12.3 Å². The highest BCUT2D eigenvalue weighted by molar-refractivity contribution is 6.35. The Kier molecular flexibility index (Phi) is 4.89. The van der Waals surface area contributed by atoms with Gasteiger partial charge in [-0.1, -0.05) is 29.3 Å². The number of hydrogen-bond donors (Lipinski definition) is 1. The molecule has 0 fully saturated rings. The van der Waals surface area contributed by atoms with Crippen LogP contribution in [0, 0.1) is 13.8 Å². The quantitative estimate of drug-likeness (QED) is 0.676. The zero-order valence-electron chi connectivity index (χ0n) is 15.2. The Bertz CT molecular complexity index is 1090. The number of ether oxygens (including phenoxy) is 1. The predicted octanol–water partition coefficient (Wildman–Crippen LogP) is 3.69. The zero-order valence-corrected chi connectivity index (χ0v) is 16.7. The van der Waals surface area contributed by atoms with Crippen molar-refractivity contribution >= 4 is 34.2 Å². The number of aryl methyl sites for hydroxylation is 1. The molecule has 27 heavy (non-hydrogen) atoms. The van der Waals surface area contributed by atoms with Crippen molar-refractivity contribution in [1.82, 2.24) is 0 Å². The van der Waals surface area contributed by atoms with E-state index in [2.05, 4.69) is 0 Å². The van der Waals surface area contributed by atoms with Gasteiger partial charge in [0.15, 0.2) is 5.58 Å². The average molecular weight is 405 g/mol. The molecule has 1 atom stereocenters. The van der Waals surface area contributed by atoms with Crippen molar-refractivity contribution in [3.8, 4) is 5.75 Å². The third-order valence-corrected chi connectivity index (χ3v) is 5.89. The zero-order chi connectivity index (χ0) is 19.1. The highest BCUT2D eigenvalue weighted by atomic mass is 35.5. The number of hydrogen-bond acceptors (Lipinski definition) is 3. The lowest BCUT2D eigenvalue weighted by Crippen LogP contribution is -3.12. The lowest BCUT2D eigenvalue weighted by molar-refractivity contribution is -0.932. The summed E-state index contributed by atoms with van der Waals surface area (Å²) in [5.41, 5.74) is 3.99. The Labute approximate surface area is 167 Å². The summed E-state index contributed by atoms with van der Waals surface area (Å²) in [5.74, 6) is 0.794. The molecule has 140 valence electrons. The second-order valence-electron chi connectivity index (χ2n) is 7.01. The van der Waals surface area contributed by atoms with Crippen LogP contribution in [0.2, 0.25) is 10.0 Å². The third kappa shape index (κ3) is 3.45. The van der Waals surface area contributed by atoms with Crippen LogP contribution in [0.25, 0.3) is 11.0 Å². The summed E-state index contributed by atoms with van der Waals surface area (Å²) in [6.07, 6.45) is 0.816. The van der Waals surface area contributed by atoms with Crippen LogP contribution in [0.1, 0.15) is 22.3 Å². The Morgan fingerprint density at radius 2 is 1.93 bits per heavy atom. The maximum atomic E-state index is 12.2. The standard InChI is InChI=1S/C21H19Cl2NO3/c1-12-13(2)21(25)27-20-16(12)5-6-19-17(20)10-24(11-26-19)8-7-14-3-4-15(22)9-18(14)23/h3-6,9H,7-8,10-11H2,1-2H3/p+1. The van der Waals surface area contributed by atoms with Crippen molar-refractivity contribution in [3.63, 3.8) is 0 Å². The number of fused-ring (bicyclic) bond motifs is 3. The maximum Gasteiger partial charge on any atom is 0.339 e. The van der Waals surface area contributed by atoms with Crippen molar-refractivity contribution in [3.05, 3.63) is 73.1 Å². The summed E-state index contributed by atoms with van der Waals surface area (Å²) in [4.78, 5) is 13.4. The fourth-order valence-electron chi connectivity index (χ4n) is 3.53. The minimum absolute atomic E-state index is 0.284. The first-order valence-electron chi connectivity index (χ1n) is 8.90. The summed E-state index contributed by atoms with van der Waals surface area (Å²) in [7, 11) is 0. The van der Waals surface area contributed by atoms with Crippen molar-refractivity contribution in [1.29, 1.82) is 0 Å². The molecule has 0 saturated carbocycles. The van der Waals surface area contributed by atoms with Crippen LogP contribution in [0.4, 0.5) is 0 Å².